The van der Waals surface area contributed by atoms with E-state index >= 15 is 0 Å². The molecule has 0 atom stereocenters. The van der Waals surface area contributed by atoms with Gasteiger partial charge in [0.05, 0.1) is 17.8 Å². The topological polar surface area (TPSA) is 96.0 Å². The van der Waals surface area contributed by atoms with Gasteiger partial charge in [-0.2, -0.15) is 5.10 Å². The first-order valence-electron chi connectivity index (χ1n) is 8.18. The fourth-order valence-electron chi connectivity index (χ4n) is 2.03. The van der Waals surface area contributed by atoms with Crippen molar-refractivity contribution in [3.63, 3.8) is 0 Å². The third-order valence-corrected chi connectivity index (χ3v) is 3.67. The molecule has 2 aromatic rings. The Bertz CT molecular complexity index is 819. The van der Waals surface area contributed by atoms with Crippen molar-refractivity contribution in [3.05, 3.63) is 46.7 Å². The van der Waals surface area contributed by atoms with E-state index in [0.717, 1.165) is 0 Å². The lowest BCUT2D eigenvalue weighted by Gasteiger charge is -2.16. The molecule has 0 aliphatic carbocycles. The quantitative estimate of drug-likeness (QED) is 0.532. The number of carbonyl (C=O) groups is 2. The van der Waals surface area contributed by atoms with Gasteiger partial charge in [0, 0.05) is 20.3 Å². The number of ether oxygens (including phenoxy) is 2. The van der Waals surface area contributed by atoms with Gasteiger partial charge in [0.1, 0.15) is 5.69 Å². The van der Waals surface area contributed by atoms with Crippen LogP contribution in [-0.4, -0.2) is 55.2 Å². The number of nitrogens with one attached hydrogen (secondary N) is 2. The summed E-state index contributed by atoms with van der Waals surface area (Å²) in [6, 6.07) is 6.61. The second-order valence-electron chi connectivity index (χ2n) is 5.62. The molecule has 8 nitrogen and oxygen atoms in total. The van der Waals surface area contributed by atoms with E-state index in [-0.39, 0.29) is 29.2 Å². The predicted molar refractivity (Wildman–Crippen MR) is 103 cm³/mol. The number of likely N-dealkylation sites (N-methyl/N-ethyl adjacent to an activating group) is 1. The van der Waals surface area contributed by atoms with Crippen LogP contribution in [-0.2, 0) is 4.79 Å². The maximum Gasteiger partial charge on any atom is 0.287 e. The van der Waals surface area contributed by atoms with Gasteiger partial charge >= 0.3 is 0 Å². The molecule has 0 unspecified atom stereocenters. The number of carbonyl (C=O) groups excluding carboxylic acids is 2. The molecule has 144 valence electrons. The summed E-state index contributed by atoms with van der Waals surface area (Å²) < 4.78 is 11.1. The number of nitrogens with zero attached hydrogens (tertiary/aromatic N) is 2. The van der Waals surface area contributed by atoms with Crippen molar-refractivity contribution in [1.82, 2.24) is 15.3 Å². The van der Waals surface area contributed by atoms with E-state index in [4.69, 9.17) is 21.1 Å². The highest BCUT2D eigenvalue weighted by atomic mass is 35.5. The van der Waals surface area contributed by atoms with Crippen molar-refractivity contribution in [2.75, 3.05) is 27.3 Å². The van der Waals surface area contributed by atoms with E-state index in [2.05, 4.69) is 15.5 Å². The van der Waals surface area contributed by atoms with Crippen LogP contribution in [0.3, 0.4) is 0 Å². The minimum absolute atomic E-state index is 0.160. The van der Waals surface area contributed by atoms with E-state index in [1.165, 1.54) is 11.1 Å². The summed E-state index contributed by atoms with van der Waals surface area (Å²) in [6.07, 6.45) is 3.08. The zero-order valence-corrected chi connectivity index (χ0v) is 16.0. The van der Waals surface area contributed by atoms with Gasteiger partial charge in [-0.3, -0.25) is 9.59 Å². The summed E-state index contributed by atoms with van der Waals surface area (Å²) in [5, 5.41) is 4.17. The second kappa shape index (κ2) is 9.63. The zero-order valence-electron chi connectivity index (χ0n) is 15.3. The molecular formula is C18H21ClN4O4. The van der Waals surface area contributed by atoms with E-state index < -0.39 is 0 Å². The summed E-state index contributed by atoms with van der Waals surface area (Å²) >= 11 is 6.27. The molecular weight excluding hydrogens is 372 g/mol. The van der Waals surface area contributed by atoms with Crippen LogP contribution in [0.25, 0.3) is 0 Å². The van der Waals surface area contributed by atoms with E-state index in [1.807, 2.05) is 6.92 Å². The summed E-state index contributed by atoms with van der Waals surface area (Å²) in [5.41, 5.74) is 3.40. The largest absolute Gasteiger partial charge is 0.490 e. The highest BCUT2D eigenvalue weighted by Gasteiger charge is 2.15. The number of aromatic nitrogens is 1. The van der Waals surface area contributed by atoms with E-state index in [1.54, 1.807) is 44.6 Å². The van der Waals surface area contributed by atoms with Gasteiger partial charge in [0.15, 0.2) is 18.1 Å². The number of benzene rings is 1. The first-order valence-corrected chi connectivity index (χ1v) is 8.56. The molecule has 1 aromatic heterocycles. The molecule has 0 spiro atoms. The van der Waals surface area contributed by atoms with Crippen LogP contribution in [0, 0.1) is 0 Å². The van der Waals surface area contributed by atoms with E-state index in [0.29, 0.717) is 23.6 Å². The molecule has 1 aromatic carbocycles. The maximum atomic E-state index is 11.8. The van der Waals surface area contributed by atoms with Gasteiger partial charge in [0.25, 0.3) is 11.8 Å². The Balaban J connectivity index is 2.12. The van der Waals surface area contributed by atoms with Gasteiger partial charge in [-0.05, 0) is 36.8 Å². The number of hydrazone groups is 1. The summed E-state index contributed by atoms with van der Waals surface area (Å²) in [5.74, 6) is 0.0932. The molecule has 0 saturated heterocycles. The first kappa shape index (κ1) is 20.3. The fourth-order valence-corrected chi connectivity index (χ4v) is 2.30. The summed E-state index contributed by atoms with van der Waals surface area (Å²) in [7, 11) is 3.27. The summed E-state index contributed by atoms with van der Waals surface area (Å²) in [4.78, 5) is 27.8. The van der Waals surface area contributed by atoms with E-state index in [9.17, 15) is 9.59 Å². The van der Waals surface area contributed by atoms with Crippen molar-refractivity contribution in [2.24, 2.45) is 5.10 Å². The van der Waals surface area contributed by atoms with Gasteiger partial charge < -0.3 is 19.4 Å². The molecule has 27 heavy (non-hydrogen) atoms. The van der Waals surface area contributed by atoms with Crippen LogP contribution in [0.15, 0.2) is 35.6 Å². The third-order valence-electron chi connectivity index (χ3n) is 3.39. The molecule has 0 aliphatic heterocycles. The Hall–Kier alpha value is -3.00. The fraction of sp³-hybridized carbons (Fsp3) is 0.278. The molecule has 2 amide bonds. The molecule has 0 radical (unpaired) electrons. The maximum absolute atomic E-state index is 11.8. The van der Waals surface area contributed by atoms with Crippen molar-refractivity contribution in [3.8, 4) is 11.5 Å². The van der Waals surface area contributed by atoms with Crippen LogP contribution < -0.4 is 14.9 Å². The van der Waals surface area contributed by atoms with Gasteiger partial charge in [0.2, 0.25) is 0 Å². The number of aromatic amines is 1. The number of hydrogen-bond donors (Lipinski definition) is 2. The molecule has 2 rings (SSSR count). The van der Waals surface area contributed by atoms with Crippen molar-refractivity contribution < 1.29 is 19.1 Å². The normalized spacial score (nSPS) is 10.7. The number of rotatable bonds is 8. The molecule has 1 heterocycles. The van der Waals surface area contributed by atoms with Crippen molar-refractivity contribution in [1.29, 1.82) is 0 Å². The van der Waals surface area contributed by atoms with Crippen LogP contribution in [0.5, 0.6) is 11.5 Å². The lowest BCUT2D eigenvalue weighted by atomic mass is 10.2. The van der Waals surface area contributed by atoms with Crippen LogP contribution >= 0.6 is 11.6 Å². The van der Waals surface area contributed by atoms with Gasteiger partial charge in [-0.15, -0.1) is 0 Å². The van der Waals surface area contributed by atoms with Crippen LogP contribution in [0.2, 0.25) is 5.02 Å². The summed E-state index contributed by atoms with van der Waals surface area (Å²) in [6.45, 7) is 2.05. The monoisotopic (exact) mass is 392 g/mol. The molecule has 0 fully saturated rings. The van der Waals surface area contributed by atoms with Crippen LogP contribution in [0.4, 0.5) is 0 Å². The van der Waals surface area contributed by atoms with Gasteiger partial charge in [-0.1, -0.05) is 11.6 Å². The highest BCUT2D eigenvalue weighted by Crippen LogP contribution is 2.36. The molecule has 0 saturated carbocycles. The molecule has 0 aliphatic rings. The Kier molecular flexibility index (Phi) is 7.25. The standard InChI is InChI=1S/C18H21ClN4O4/c1-4-26-15-9-12(10-21-22-18(25)14-6-5-7-20-14)8-13(19)17(15)27-11-16(24)23(2)3/h5-10,20H,4,11H2,1-3H3,(H,22,25)/b21-10-. The average molecular weight is 393 g/mol. The number of H-pyrrole nitrogens is 1. The Morgan fingerprint density at radius 1 is 1.33 bits per heavy atom. The average Bonchev–Trinajstić information content (AvgIpc) is 3.15. The van der Waals surface area contributed by atoms with Crippen LogP contribution in [0.1, 0.15) is 23.0 Å². The minimum Gasteiger partial charge on any atom is -0.490 e. The Morgan fingerprint density at radius 2 is 2.11 bits per heavy atom. The molecule has 9 heteroatoms. The SMILES string of the molecule is CCOc1cc(/C=N\NC(=O)c2ccc[nH]2)cc(Cl)c1OCC(=O)N(C)C. The highest BCUT2D eigenvalue weighted by molar-refractivity contribution is 6.32. The first-order chi connectivity index (χ1) is 12.9. The number of halogens is 1. The van der Waals surface area contributed by atoms with Crippen molar-refractivity contribution >= 4 is 29.6 Å². The minimum atomic E-state index is -0.366. The Morgan fingerprint density at radius 3 is 2.74 bits per heavy atom. The zero-order chi connectivity index (χ0) is 19.8. The number of amides is 2. The van der Waals surface area contributed by atoms with Gasteiger partial charge in [-0.25, -0.2) is 5.43 Å². The molecule has 2 N–H and O–H groups in total. The lowest BCUT2D eigenvalue weighted by molar-refractivity contribution is -0.130. The Labute approximate surface area is 162 Å². The third kappa shape index (κ3) is 5.75. The number of hydrogen-bond acceptors (Lipinski definition) is 5. The second-order valence-corrected chi connectivity index (χ2v) is 6.03. The van der Waals surface area contributed by atoms with Crippen molar-refractivity contribution in [2.45, 2.75) is 6.92 Å². The smallest absolute Gasteiger partial charge is 0.287 e. The predicted octanol–water partition coefficient (Wildman–Crippen LogP) is 2.30. The lowest BCUT2D eigenvalue weighted by Crippen LogP contribution is -2.27. The molecule has 0 bridgehead atoms.